The number of anilines is 1. The normalized spacial score (nSPS) is 15.2. The Bertz CT molecular complexity index is 1590. The van der Waals surface area contributed by atoms with Gasteiger partial charge in [-0.2, -0.15) is 11.8 Å². The van der Waals surface area contributed by atoms with E-state index in [-0.39, 0.29) is 17.2 Å². The minimum absolute atomic E-state index is 0.183. The van der Waals surface area contributed by atoms with Crippen molar-refractivity contribution in [2.24, 2.45) is 0 Å². The predicted molar refractivity (Wildman–Crippen MR) is 157 cm³/mol. The second kappa shape index (κ2) is 11.8. The summed E-state index contributed by atoms with van der Waals surface area (Å²) in [5.41, 5.74) is 2.27. The summed E-state index contributed by atoms with van der Waals surface area (Å²) in [6, 6.07) is 8.80. The Morgan fingerprint density at radius 1 is 1.10 bits per heavy atom. The highest BCUT2D eigenvalue weighted by Crippen LogP contribution is 2.30. The van der Waals surface area contributed by atoms with Crippen molar-refractivity contribution >= 4 is 46.1 Å². The number of fused-ring (bicyclic) bond motifs is 1. The summed E-state index contributed by atoms with van der Waals surface area (Å²) in [5.74, 6) is 1.44. The number of aromatic nitrogens is 5. The van der Waals surface area contributed by atoms with E-state index in [2.05, 4.69) is 15.0 Å². The van der Waals surface area contributed by atoms with Crippen molar-refractivity contribution in [2.75, 3.05) is 17.2 Å². The van der Waals surface area contributed by atoms with Gasteiger partial charge in [0.2, 0.25) is 0 Å². The molecule has 11 heteroatoms. The first kappa shape index (κ1) is 27.2. The van der Waals surface area contributed by atoms with E-state index < -0.39 is 0 Å². The molecular formula is C28H31ClN6O3S. The summed E-state index contributed by atoms with van der Waals surface area (Å²) in [6.45, 7) is 5.38. The average molecular weight is 567 g/mol. The van der Waals surface area contributed by atoms with Gasteiger partial charge in [-0.1, -0.05) is 25.4 Å². The van der Waals surface area contributed by atoms with Crippen LogP contribution in [0.4, 0.5) is 5.82 Å². The number of nitrogens with one attached hydrogen (secondary N) is 1. The molecule has 5 rings (SSSR count). The minimum Gasteiger partial charge on any atom is -0.349 e. The lowest BCUT2D eigenvalue weighted by molar-refractivity contribution is 0.0986. The molecule has 9 nitrogen and oxygen atoms in total. The number of hydrogen-bond acceptors (Lipinski definition) is 6. The van der Waals surface area contributed by atoms with Gasteiger partial charge in [0, 0.05) is 48.5 Å². The summed E-state index contributed by atoms with van der Waals surface area (Å²) in [4.78, 5) is 53.3. The SMILES string of the molecule is CCCn1c(=O)c2[nH]c(-c3ccc(N(CC4CCCS4)C(=O)c4ccc(Cl)nc4)nc3)cc2n(CCC)c1=O. The molecule has 1 unspecified atom stereocenters. The van der Waals surface area contributed by atoms with E-state index in [1.54, 1.807) is 27.8 Å². The number of aryl methyl sites for hydroxylation is 1. The molecule has 1 aliphatic rings. The number of pyridine rings is 2. The summed E-state index contributed by atoms with van der Waals surface area (Å²) in [5, 5.41) is 0.668. The largest absolute Gasteiger partial charge is 0.349 e. The standard InChI is InChI=1S/C28H31ClN6O3S/c1-3-11-33-22-14-21(32-25(22)27(37)34(12-4-2)28(33)38)18-8-10-24(31-15-18)35(17-20-6-5-13-39-20)26(36)19-7-9-23(29)30-16-19/h7-10,14-16,20,32H,3-6,11-13,17H2,1-2H3. The number of carbonyl (C=O) groups excluding carboxylic acids is 1. The maximum absolute atomic E-state index is 13.5. The fourth-order valence-corrected chi connectivity index (χ4v) is 6.31. The monoisotopic (exact) mass is 566 g/mol. The summed E-state index contributed by atoms with van der Waals surface area (Å²) in [6.07, 6.45) is 6.81. The summed E-state index contributed by atoms with van der Waals surface area (Å²) >= 11 is 7.80. The number of rotatable bonds is 9. The zero-order valence-electron chi connectivity index (χ0n) is 22.0. The first-order valence-corrected chi connectivity index (χ1v) is 14.7. The van der Waals surface area contributed by atoms with E-state index in [4.69, 9.17) is 11.6 Å². The number of H-pyrrole nitrogens is 1. The van der Waals surface area contributed by atoms with E-state index >= 15 is 0 Å². The molecule has 0 aromatic carbocycles. The molecule has 1 atom stereocenters. The van der Waals surface area contributed by atoms with E-state index in [1.807, 2.05) is 43.8 Å². The fourth-order valence-electron chi connectivity index (χ4n) is 4.94. The zero-order chi connectivity index (χ0) is 27.5. The molecule has 1 aliphatic heterocycles. The molecule has 0 spiro atoms. The molecule has 1 saturated heterocycles. The van der Waals surface area contributed by atoms with Crippen LogP contribution in [0.2, 0.25) is 5.15 Å². The molecule has 0 bridgehead atoms. The zero-order valence-corrected chi connectivity index (χ0v) is 23.6. The van der Waals surface area contributed by atoms with Gasteiger partial charge in [0.1, 0.15) is 16.5 Å². The van der Waals surface area contributed by atoms with E-state index in [0.29, 0.717) is 64.6 Å². The molecule has 0 saturated carbocycles. The Kier molecular flexibility index (Phi) is 8.23. The Morgan fingerprint density at radius 3 is 2.54 bits per heavy atom. The minimum atomic E-state index is -0.317. The molecule has 1 fully saturated rings. The van der Waals surface area contributed by atoms with E-state index in [0.717, 1.165) is 30.6 Å². The smallest absolute Gasteiger partial charge is 0.331 e. The number of halogens is 1. The molecular weight excluding hydrogens is 536 g/mol. The van der Waals surface area contributed by atoms with Crippen LogP contribution in [0.1, 0.15) is 49.9 Å². The third-order valence-electron chi connectivity index (χ3n) is 6.87. The van der Waals surface area contributed by atoms with Crippen molar-refractivity contribution < 1.29 is 4.79 Å². The van der Waals surface area contributed by atoms with Crippen molar-refractivity contribution in [2.45, 2.75) is 57.9 Å². The van der Waals surface area contributed by atoms with Crippen LogP contribution >= 0.6 is 23.4 Å². The Balaban J connectivity index is 1.51. The molecule has 1 N–H and O–H groups in total. The maximum atomic E-state index is 13.5. The lowest BCUT2D eigenvalue weighted by Crippen LogP contribution is -2.39. The van der Waals surface area contributed by atoms with Crippen molar-refractivity contribution in [3.05, 3.63) is 74.3 Å². The first-order valence-electron chi connectivity index (χ1n) is 13.3. The summed E-state index contributed by atoms with van der Waals surface area (Å²) < 4.78 is 2.96. The lowest BCUT2D eigenvalue weighted by atomic mass is 10.2. The Morgan fingerprint density at radius 2 is 1.90 bits per heavy atom. The van der Waals surface area contributed by atoms with Gasteiger partial charge in [-0.3, -0.25) is 23.6 Å². The quantitative estimate of drug-likeness (QED) is 0.287. The number of carbonyl (C=O) groups is 1. The van der Waals surface area contributed by atoms with Gasteiger partial charge in [0.05, 0.1) is 11.1 Å². The highest BCUT2D eigenvalue weighted by Gasteiger charge is 2.26. The van der Waals surface area contributed by atoms with Crippen LogP contribution in [0.15, 0.2) is 52.3 Å². The lowest BCUT2D eigenvalue weighted by Gasteiger charge is -2.24. The van der Waals surface area contributed by atoms with Crippen molar-refractivity contribution in [3.8, 4) is 11.3 Å². The van der Waals surface area contributed by atoms with Crippen LogP contribution in [-0.4, -0.2) is 47.5 Å². The molecule has 0 aliphatic carbocycles. The number of nitrogens with zero attached hydrogens (tertiary/aromatic N) is 5. The third-order valence-corrected chi connectivity index (χ3v) is 8.47. The molecule has 5 heterocycles. The van der Waals surface area contributed by atoms with Gasteiger partial charge in [0.15, 0.2) is 0 Å². The molecule has 0 radical (unpaired) electrons. The molecule has 39 heavy (non-hydrogen) atoms. The van der Waals surface area contributed by atoms with Gasteiger partial charge in [0.25, 0.3) is 11.5 Å². The predicted octanol–water partition coefficient (Wildman–Crippen LogP) is 4.96. The van der Waals surface area contributed by atoms with Crippen molar-refractivity contribution in [3.63, 3.8) is 0 Å². The topological polar surface area (TPSA) is 106 Å². The van der Waals surface area contributed by atoms with Gasteiger partial charge in [-0.25, -0.2) is 14.8 Å². The second-order valence-electron chi connectivity index (χ2n) is 9.66. The van der Waals surface area contributed by atoms with Crippen LogP contribution in [0.3, 0.4) is 0 Å². The van der Waals surface area contributed by atoms with Crippen LogP contribution in [0.25, 0.3) is 22.3 Å². The second-order valence-corrected chi connectivity index (χ2v) is 11.5. The Hall–Kier alpha value is -3.37. The molecule has 1 amide bonds. The maximum Gasteiger partial charge on any atom is 0.331 e. The average Bonchev–Trinajstić information content (AvgIpc) is 3.63. The molecule has 4 aromatic heterocycles. The van der Waals surface area contributed by atoms with Crippen molar-refractivity contribution in [1.29, 1.82) is 0 Å². The summed E-state index contributed by atoms with van der Waals surface area (Å²) in [7, 11) is 0. The van der Waals surface area contributed by atoms with Gasteiger partial charge >= 0.3 is 5.69 Å². The number of aromatic amines is 1. The van der Waals surface area contributed by atoms with Crippen LogP contribution < -0.4 is 16.1 Å². The number of thioether (sulfide) groups is 1. The van der Waals surface area contributed by atoms with Crippen molar-refractivity contribution in [1.82, 2.24) is 24.1 Å². The fraction of sp³-hybridized carbons (Fsp3) is 0.393. The third kappa shape index (κ3) is 5.53. The molecule has 204 valence electrons. The number of hydrogen-bond donors (Lipinski definition) is 1. The Labute approximate surface area is 235 Å². The van der Waals surface area contributed by atoms with Gasteiger partial charge in [-0.05, 0) is 61.8 Å². The number of amides is 1. The van der Waals surface area contributed by atoms with Crippen LogP contribution in [0, 0.1) is 0 Å². The highest BCUT2D eigenvalue weighted by atomic mass is 35.5. The van der Waals surface area contributed by atoms with Gasteiger partial charge in [-0.15, -0.1) is 0 Å². The highest BCUT2D eigenvalue weighted by molar-refractivity contribution is 8.00. The van der Waals surface area contributed by atoms with E-state index in [9.17, 15) is 14.4 Å². The van der Waals surface area contributed by atoms with Gasteiger partial charge < -0.3 is 4.98 Å². The first-order chi connectivity index (χ1) is 18.9. The van der Waals surface area contributed by atoms with E-state index in [1.165, 1.54) is 10.8 Å². The van der Waals surface area contributed by atoms with Crippen LogP contribution in [-0.2, 0) is 13.1 Å². The van der Waals surface area contributed by atoms with Crippen LogP contribution in [0.5, 0.6) is 0 Å². The molecule has 4 aromatic rings.